The van der Waals surface area contributed by atoms with Gasteiger partial charge in [-0.3, -0.25) is 4.79 Å². The van der Waals surface area contributed by atoms with E-state index in [1.165, 1.54) is 18.0 Å². The monoisotopic (exact) mass is 422 g/mol. The van der Waals surface area contributed by atoms with E-state index in [1.807, 2.05) is 6.08 Å². The second-order valence-electron chi connectivity index (χ2n) is 5.60. The molecule has 144 valence electrons. The van der Waals surface area contributed by atoms with E-state index in [0.29, 0.717) is 10.7 Å². The van der Waals surface area contributed by atoms with Crippen LogP contribution in [0.3, 0.4) is 0 Å². The molecule has 0 radical (unpaired) electrons. The summed E-state index contributed by atoms with van der Waals surface area (Å²) >= 11 is 2.21. The number of amides is 1. The number of aromatic nitrogens is 2. The smallest absolute Gasteiger partial charge is 0.310 e. The summed E-state index contributed by atoms with van der Waals surface area (Å²) in [5, 5.41) is 11.7. The van der Waals surface area contributed by atoms with Gasteiger partial charge >= 0.3 is 6.18 Å². The van der Waals surface area contributed by atoms with Crippen molar-refractivity contribution < 1.29 is 18.0 Å². The highest BCUT2D eigenvalue weighted by Crippen LogP contribution is 2.40. The molecule has 0 unspecified atom stereocenters. The van der Waals surface area contributed by atoms with E-state index in [9.17, 15) is 23.2 Å². The van der Waals surface area contributed by atoms with Crippen molar-refractivity contribution in [2.24, 2.45) is 0 Å². The van der Waals surface area contributed by atoms with Crippen LogP contribution in [0.2, 0.25) is 0 Å². The molecule has 1 aliphatic heterocycles. The summed E-state index contributed by atoms with van der Waals surface area (Å²) in [6.45, 7) is 0. The van der Waals surface area contributed by atoms with Crippen LogP contribution in [0, 0.1) is 11.3 Å². The number of anilines is 1. The van der Waals surface area contributed by atoms with Crippen molar-refractivity contribution in [2.45, 2.75) is 17.6 Å². The summed E-state index contributed by atoms with van der Waals surface area (Å²) in [5.74, 6) is 0.444. The summed E-state index contributed by atoms with van der Waals surface area (Å²) in [6, 6.07) is 7.46. The van der Waals surface area contributed by atoms with Crippen molar-refractivity contribution in [3.63, 3.8) is 0 Å². The van der Waals surface area contributed by atoms with Gasteiger partial charge in [0.25, 0.3) is 0 Å². The van der Waals surface area contributed by atoms with E-state index < -0.39 is 23.2 Å². The first-order valence-electron chi connectivity index (χ1n) is 8.08. The molecule has 3 rings (SSSR count). The highest BCUT2D eigenvalue weighted by atomic mass is 32.2. The number of nitriles is 1. The van der Waals surface area contributed by atoms with Crippen LogP contribution in [0.25, 0.3) is 4.91 Å². The second kappa shape index (κ2) is 8.67. The van der Waals surface area contributed by atoms with Gasteiger partial charge in [0.2, 0.25) is 5.91 Å². The number of nitrogens with one attached hydrogen (secondary N) is 1. The summed E-state index contributed by atoms with van der Waals surface area (Å²) < 4.78 is 40.4. The Balaban J connectivity index is 1.87. The van der Waals surface area contributed by atoms with E-state index in [2.05, 4.69) is 15.3 Å². The molecule has 0 spiro atoms. The molecule has 1 amide bonds. The van der Waals surface area contributed by atoms with Crippen LogP contribution in [0.1, 0.15) is 23.2 Å². The number of pyridine rings is 2. The molecule has 5 nitrogen and oxygen atoms in total. The lowest BCUT2D eigenvalue weighted by molar-refractivity contribution is -0.138. The van der Waals surface area contributed by atoms with Gasteiger partial charge in [-0.1, -0.05) is 23.9 Å². The number of rotatable bonds is 5. The SMILES string of the molecule is N#Cc1c(C(F)(F)F)cc(C2=CCCS2)nc1SCC(=O)Nc1ccccn1. The Labute approximate surface area is 167 Å². The molecule has 1 N–H and O–H groups in total. The highest BCUT2D eigenvalue weighted by Gasteiger charge is 2.36. The molecule has 0 aromatic carbocycles. The quantitative estimate of drug-likeness (QED) is 0.711. The average molecular weight is 422 g/mol. The fourth-order valence-corrected chi connectivity index (χ4v) is 4.18. The third-order valence-electron chi connectivity index (χ3n) is 3.63. The minimum atomic E-state index is -4.70. The summed E-state index contributed by atoms with van der Waals surface area (Å²) in [6.07, 6.45) is -0.623. The molecular weight excluding hydrogens is 409 g/mol. The Morgan fingerprint density at radius 2 is 2.21 bits per heavy atom. The summed E-state index contributed by atoms with van der Waals surface area (Å²) in [7, 11) is 0. The second-order valence-corrected chi connectivity index (χ2v) is 7.70. The Bertz CT molecular complexity index is 956. The number of allylic oxidation sites excluding steroid dienone is 1. The van der Waals surface area contributed by atoms with Gasteiger partial charge in [0.05, 0.1) is 22.6 Å². The molecule has 0 saturated carbocycles. The number of alkyl halides is 3. The molecule has 2 aromatic rings. The lowest BCUT2D eigenvalue weighted by Crippen LogP contribution is -2.16. The average Bonchev–Trinajstić information content (AvgIpc) is 3.20. The lowest BCUT2D eigenvalue weighted by atomic mass is 10.1. The molecule has 0 aliphatic carbocycles. The largest absolute Gasteiger partial charge is 0.417 e. The van der Waals surface area contributed by atoms with Crippen LogP contribution in [0.5, 0.6) is 0 Å². The Hall–Kier alpha value is -2.51. The van der Waals surface area contributed by atoms with Gasteiger partial charge in [-0.25, -0.2) is 9.97 Å². The van der Waals surface area contributed by atoms with Crippen molar-refractivity contribution in [2.75, 3.05) is 16.8 Å². The zero-order chi connectivity index (χ0) is 20.1. The van der Waals surface area contributed by atoms with Crippen LogP contribution < -0.4 is 5.32 Å². The van der Waals surface area contributed by atoms with E-state index >= 15 is 0 Å². The van der Waals surface area contributed by atoms with Crippen LogP contribution in [-0.4, -0.2) is 27.4 Å². The van der Waals surface area contributed by atoms with Gasteiger partial charge < -0.3 is 5.32 Å². The third kappa shape index (κ3) is 4.85. The predicted molar refractivity (Wildman–Crippen MR) is 103 cm³/mol. The molecule has 1 aliphatic rings. The molecule has 0 atom stereocenters. The van der Waals surface area contributed by atoms with Gasteiger partial charge in [-0.2, -0.15) is 18.4 Å². The Kier molecular flexibility index (Phi) is 6.26. The van der Waals surface area contributed by atoms with Crippen molar-refractivity contribution in [3.05, 3.63) is 53.4 Å². The van der Waals surface area contributed by atoms with Gasteiger partial charge in [0.1, 0.15) is 16.9 Å². The minimum Gasteiger partial charge on any atom is -0.310 e. The number of nitrogens with zero attached hydrogens (tertiary/aromatic N) is 3. The number of halogens is 3. The van der Waals surface area contributed by atoms with E-state index in [-0.39, 0.29) is 16.5 Å². The van der Waals surface area contributed by atoms with E-state index in [1.54, 1.807) is 24.3 Å². The summed E-state index contributed by atoms with van der Waals surface area (Å²) in [5.41, 5.74) is -1.45. The molecule has 2 aromatic heterocycles. The number of carbonyl (C=O) groups is 1. The van der Waals surface area contributed by atoms with Gasteiger partial charge in [0, 0.05) is 16.9 Å². The zero-order valence-electron chi connectivity index (χ0n) is 14.3. The van der Waals surface area contributed by atoms with Gasteiger partial charge in [0.15, 0.2) is 0 Å². The highest BCUT2D eigenvalue weighted by molar-refractivity contribution is 8.08. The van der Waals surface area contributed by atoms with Crippen LogP contribution in [0.15, 0.2) is 41.6 Å². The molecule has 0 saturated heterocycles. The molecule has 0 bridgehead atoms. The first-order valence-corrected chi connectivity index (χ1v) is 10.0. The van der Waals surface area contributed by atoms with Crippen molar-refractivity contribution >= 4 is 40.2 Å². The van der Waals surface area contributed by atoms with Crippen LogP contribution in [0.4, 0.5) is 19.0 Å². The zero-order valence-corrected chi connectivity index (χ0v) is 15.9. The van der Waals surface area contributed by atoms with Gasteiger partial charge in [-0.05, 0) is 24.6 Å². The molecule has 3 heterocycles. The van der Waals surface area contributed by atoms with Crippen molar-refractivity contribution in [3.8, 4) is 6.07 Å². The maximum Gasteiger partial charge on any atom is 0.417 e. The number of hydrogen-bond acceptors (Lipinski definition) is 6. The fraction of sp³-hybridized carbons (Fsp3) is 0.222. The number of carbonyl (C=O) groups excluding carboxylic acids is 1. The first kappa shape index (κ1) is 20.2. The molecule has 10 heteroatoms. The Morgan fingerprint density at radius 1 is 1.39 bits per heavy atom. The third-order valence-corrected chi connectivity index (χ3v) is 5.74. The van der Waals surface area contributed by atoms with Crippen molar-refractivity contribution in [1.29, 1.82) is 5.26 Å². The Morgan fingerprint density at radius 3 is 2.82 bits per heavy atom. The fourth-order valence-electron chi connectivity index (χ4n) is 2.43. The van der Waals surface area contributed by atoms with E-state index in [0.717, 1.165) is 30.0 Å². The van der Waals surface area contributed by atoms with E-state index in [4.69, 9.17) is 0 Å². The first-order chi connectivity index (χ1) is 13.4. The molecular formula is C18H13F3N4OS2. The molecule has 0 fully saturated rings. The van der Waals surface area contributed by atoms with Gasteiger partial charge in [-0.15, -0.1) is 11.8 Å². The topological polar surface area (TPSA) is 78.7 Å². The maximum absolute atomic E-state index is 13.5. The van der Waals surface area contributed by atoms with Crippen LogP contribution >= 0.6 is 23.5 Å². The maximum atomic E-state index is 13.5. The van der Waals surface area contributed by atoms with Crippen LogP contribution in [-0.2, 0) is 11.0 Å². The van der Waals surface area contributed by atoms with Crippen molar-refractivity contribution in [1.82, 2.24) is 9.97 Å². The molecule has 28 heavy (non-hydrogen) atoms. The summed E-state index contributed by atoms with van der Waals surface area (Å²) in [4.78, 5) is 20.9. The standard InChI is InChI=1S/C18H13F3N4OS2/c19-18(20,21)12-8-13(14-4-3-7-27-14)24-17(11(12)9-22)28-10-16(26)25-15-5-1-2-6-23-15/h1-2,4-6,8H,3,7,10H2,(H,23,25,26). The number of thioether (sulfide) groups is 2. The normalized spacial score (nSPS) is 13.7. The lowest BCUT2D eigenvalue weighted by Gasteiger charge is -2.14. The predicted octanol–water partition coefficient (Wildman–Crippen LogP) is 4.58. The number of hydrogen-bond donors (Lipinski definition) is 1. The minimum absolute atomic E-state index is 0.114.